The van der Waals surface area contributed by atoms with Gasteiger partial charge in [-0.25, -0.2) is 0 Å². The number of hydrogen-bond acceptors (Lipinski definition) is 1. The molecule has 2 aromatic rings. The number of aryl methyl sites for hydroxylation is 1. The molecule has 0 aromatic heterocycles. The molecule has 0 unspecified atom stereocenters. The van der Waals surface area contributed by atoms with Gasteiger partial charge < -0.3 is 5.32 Å². The maximum absolute atomic E-state index is 6.31. The second kappa shape index (κ2) is 6.62. The van der Waals surface area contributed by atoms with Gasteiger partial charge in [-0.1, -0.05) is 49.2 Å². The standard InChI is InChI=1S/C17H19Cl2N/c1-11(2)20-10-13-5-4-12(3)15(8-13)16-9-14(18)6-7-17(16)19/h4-9,11,20H,10H2,1-3H3. The van der Waals surface area contributed by atoms with E-state index in [9.17, 15) is 0 Å². The van der Waals surface area contributed by atoms with Crippen LogP contribution in [0.4, 0.5) is 0 Å². The van der Waals surface area contributed by atoms with Crippen LogP contribution < -0.4 is 5.32 Å². The van der Waals surface area contributed by atoms with Crippen LogP contribution in [0.15, 0.2) is 36.4 Å². The molecule has 0 amide bonds. The fraction of sp³-hybridized carbons (Fsp3) is 0.294. The molecule has 0 bridgehead atoms. The molecule has 0 spiro atoms. The van der Waals surface area contributed by atoms with Gasteiger partial charge in [-0.15, -0.1) is 0 Å². The Kier molecular flexibility index (Phi) is 5.09. The lowest BCUT2D eigenvalue weighted by atomic mass is 9.98. The van der Waals surface area contributed by atoms with Gasteiger partial charge in [-0.3, -0.25) is 0 Å². The Hall–Kier alpha value is -1.02. The van der Waals surface area contributed by atoms with E-state index in [0.717, 1.165) is 22.7 Å². The summed E-state index contributed by atoms with van der Waals surface area (Å²) in [6.45, 7) is 7.22. The van der Waals surface area contributed by atoms with Gasteiger partial charge >= 0.3 is 0 Å². The first-order chi connectivity index (χ1) is 9.47. The van der Waals surface area contributed by atoms with Gasteiger partial charge in [-0.05, 0) is 47.9 Å². The zero-order valence-electron chi connectivity index (χ0n) is 12.0. The Morgan fingerprint density at radius 3 is 2.45 bits per heavy atom. The Bertz CT molecular complexity index is 606. The third-order valence-electron chi connectivity index (χ3n) is 3.23. The lowest BCUT2D eigenvalue weighted by Gasteiger charge is -2.13. The van der Waals surface area contributed by atoms with E-state index < -0.39 is 0 Å². The summed E-state index contributed by atoms with van der Waals surface area (Å²) in [5.41, 5.74) is 4.57. The molecule has 20 heavy (non-hydrogen) atoms. The first-order valence-electron chi connectivity index (χ1n) is 6.75. The quantitative estimate of drug-likeness (QED) is 0.790. The molecule has 0 saturated heterocycles. The molecule has 2 aromatic carbocycles. The predicted molar refractivity (Wildman–Crippen MR) is 88.6 cm³/mol. The Balaban J connectivity index is 2.40. The van der Waals surface area contributed by atoms with E-state index in [1.54, 1.807) is 0 Å². The Labute approximate surface area is 130 Å². The predicted octanol–water partition coefficient (Wildman–Crippen LogP) is 5.47. The van der Waals surface area contributed by atoms with Crippen LogP contribution in [-0.4, -0.2) is 6.04 Å². The summed E-state index contributed by atoms with van der Waals surface area (Å²) in [7, 11) is 0. The number of rotatable bonds is 4. The normalized spacial score (nSPS) is 11.1. The molecule has 0 radical (unpaired) electrons. The van der Waals surface area contributed by atoms with Gasteiger partial charge in [0.2, 0.25) is 0 Å². The summed E-state index contributed by atoms with van der Waals surface area (Å²) in [5, 5.41) is 4.86. The van der Waals surface area contributed by atoms with E-state index in [1.165, 1.54) is 11.1 Å². The van der Waals surface area contributed by atoms with Crippen molar-refractivity contribution in [3.8, 4) is 11.1 Å². The zero-order chi connectivity index (χ0) is 14.7. The number of halogens is 2. The van der Waals surface area contributed by atoms with Crippen molar-refractivity contribution in [1.82, 2.24) is 5.32 Å². The molecule has 3 heteroatoms. The molecular formula is C17H19Cl2N. The minimum atomic E-state index is 0.467. The van der Waals surface area contributed by atoms with Crippen molar-refractivity contribution < 1.29 is 0 Å². The first-order valence-corrected chi connectivity index (χ1v) is 7.51. The second-order valence-corrected chi connectivity index (χ2v) is 6.15. The highest BCUT2D eigenvalue weighted by atomic mass is 35.5. The summed E-state index contributed by atoms with van der Waals surface area (Å²) >= 11 is 12.4. The van der Waals surface area contributed by atoms with E-state index in [0.29, 0.717) is 11.1 Å². The van der Waals surface area contributed by atoms with Crippen LogP contribution >= 0.6 is 23.2 Å². The number of benzene rings is 2. The highest BCUT2D eigenvalue weighted by Gasteiger charge is 2.08. The van der Waals surface area contributed by atoms with Gasteiger partial charge in [0.05, 0.1) is 0 Å². The number of hydrogen-bond donors (Lipinski definition) is 1. The monoisotopic (exact) mass is 307 g/mol. The summed E-state index contributed by atoms with van der Waals surface area (Å²) < 4.78 is 0. The summed E-state index contributed by atoms with van der Waals surface area (Å²) in [5.74, 6) is 0. The Morgan fingerprint density at radius 1 is 1.00 bits per heavy atom. The van der Waals surface area contributed by atoms with Crippen molar-refractivity contribution >= 4 is 23.2 Å². The lowest BCUT2D eigenvalue weighted by molar-refractivity contribution is 0.589. The van der Waals surface area contributed by atoms with Gasteiger partial charge in [-0.2, -0.15) is 0 Å². The minimum Gasteiger partial charge on any atom is -0.310 e. The van der Waals surface area contributed by atoms with E-state index in [4.69, 9.17) is 23.2 Å². The van der Waals surface area contributed by atoms with Crippen molar-refractivity contribution in [2.24, 2.45) is 0 Å². The van der Waals surface area contributed by atoms with Crippen LogP contribution in [0, 0.1) is 6.92 Å². The Morgan fingerprint density at radius 2 is 1.75 bits per heavy atom. The van der Waals surface area contributed by atoms with Crippen molar-refractivity contribution in [1.29, 1.82) is 0 Å². The average Bonchev–Trinajstić information content (AvgIpc) is 2.41. The molecule has 0 aliphatic rings. The van der Waals surface area contributed by atoms with E-state index in [1.807, 2.05) is 18.2 Å². The zero-order valence-corrected chi connectivity index (χ0v) is 13.5. The topological polar surface area (TPSA) is 12.0 Å². The molecule has 0 fully saturated rings. The maximum Gasteiger partial charge on any atom is 0.0485 e. The van der Waals surface area contributed by atoms with E-state index >= 15 is 0 Å². The van der Waals surface area contributed by atoms with Crippen molar-refractivity contribution in [2.45, 2.75) is 33.4 Å². The summed E-state index contributed by atoms with van der Waals surface area (Å²) in [6, 6.07) is 12.5. The van der Waals surface area contributed by atoms with Crippen molar-refractivity contribution in [2.75, 3.05) is 0 Å². The van der Waals surface area contributed by atoms with Gasteiger partial charge in [0, 0.05) is 28.2 Å². The SMILES string of the molecule is Cc1ccc(CNC(C)C)cc1-c1cc(Cl)ccc1Cl. The van der Waals surface area contributed by atoms with Crippen LogP contribution in [0.5, 0.6) is 0 Å². The lowest BCUT2D eigenvalue weighted by Crippen LogP contribution is -2.21. The minimum absolute atomic E-state index is 0.467. The third-order valence-corrected chi connectivity index (χ3v) is 3.80. The molecule has 2 rings (SSSR count). The van der Waals surface area contributed by atoms with E-state index in [-0.39, 0.29) is 0 Å². The molecular weight excluding hydrogens is 289 g/mol. The molecule has 0 heterocycles. The fourth-order valence-electron chi connectivity index (χ4n) is 2.10. The second-order valence-electron chi connectivity index (χ2n) is 5.31. The molecule has 0 aliphatic heterocycles. The van der Waals surface area contributed by atoms with Gasteiger partial charge in [0.15, 0.2) is 0 Å². The van der Waals surface area contributed by atoms with Crippen LogP contribution in [-0.2, 0) is 6.54 Å². The fourth-order valence-corrected chi connectivity index (χ4v) is 2.49. The molecule has 0 atom stereocenters. The van der Waals surface area contributed by atoms with Crippen LogP contribution in [0.3, 0.4) is 0 Å². The highest BCUT2D eigenvalue weighted by molar-refractivity contribution is 6.35. The van der Waals surface area contributed by atoms with Crippen molar-refractivity contribution in [3.05, 3.63) is 57.6 Å². The van der Waals surface area contributed by atoms with Crippen molar-refractivity contribution in [3.63, 3.8) is 0 Å². The van der Waals surface area contributed by atoms with Gasteiger partial charge in [0.1, 0.15) is 0 Å². The largest absolute Gasteiger partial charge is 0.310 e. The maximum atomic E-state index is 6.31. The van der Waals surface area contributed by atoms with Crippen LogP contribution in [0.2, 0.25) is 10.0 Å². The molecule has 0 saturated carbocycles. The van der Waals surface area contributed by atoms with E-state index in [2.05, 4.69) is 44.3 Å². The van der Waals surface area contributed by atoms with Crippen LogP contribution in [0.25, 0.3) is 11.1 Å². The molecule has 1 nitrogen and oxygen atoms in total. The highest BCUT2D eigenvalue weighted by Crippen LogP contribution is 2.33. The number of nitrogens with one attached hydrogen (secondary N) is 1. The third kappa shape index (κ3) is 3.76. The molecule has 106 valence electrons. The summed E-state index contributed by atoms with van der Waals surface area (Å²) in [4.78, 5) is 0. The molecule has 0 aliphatic carbocycles. The molecule has 1 N–H and O–H groups in total. The van der Waals surface area contributed by atoms with Crippen LogP contribution in [0.1, 0.15) is 25.0 Å². The average molecular weight is 308 g/mol. The smallest absolute Gasteiger partial charge is 0.0485 e. The summed E-state index contributed by atoms with van der Waals surface area (Å²) in [6.07, 6.45) is 0. The first kappa shape index (κ1) is 15.4. The van der Waals surface area contributed by atoms with Gasteiger partial charge in [0.25, 0.3) is 0 Å².